The van der Waals surface area contributed by atoms with Crippen molar-refractivity contribution in [1.82, 2.24) is 0 Å². The standard InChI is InChI=1S/C12H13BrCl2O2/c1-12(2,7-14)10(16)11(13)17-9-5-3-8(15)4-6-9/h3-6,11H,7H2,1-2H3. The number of halogens is 3. The molecule has 0 fully saturated rings. The van der Waals surface area contributed by atoms with Crippen molar-refractivity contribution in [3.05, 3.63) is 29.3 Å². The van der Waals surface area contributed by atoms with Crippen molar-refractivity contribution < 1.29 is 9.53 Å². The van der Waals surface area contributed by atoms with Gasteiger partial charge in [0.15, 0.2) is 5.78 Å². The van der Waals surface area contributed by atoms with Crippen molar-refractivity contribution in [3.63, 3.8) is 0 Å². The molecule has 0 aliphatic carbocycles. The van der Waals surface area contributed by atoms with E-state index in [0.29, 0.717) is 10.8 Å². The van der Waals surface area contributed by atoms with E-state index in [0.717, 1.165) is 0 Å². The predicted octanol–water partition coefficient (Wildman–Crippen LogP) is 4.27. The molecule has 0 saturated carbocycles. The van der Waals surface area contributed by atoms with Crippen molar-refractivity contribution in [2.45, 2.75) is 18.9 Å². The minimum Gasteiger partial charge on any atom is -0.471 e. The molecule has 0 N–H and O–H groups in total. The Morgan fingerprint density at radius 1 is 1.41 bits per heavy atom. The highest BCUT2D eigenvalue weighted by Crippen LogP contribution is 2.26. The molecule has 0 aromatic heterocycles. The first kappa shape index (κ1) is 14.8. The number of rotatable bonds is 5. The smallest absolute Gasteiger partial charge is 0.211 e. The van der Waals surface area contributed by atoms with Gasteiger partial charge in [-0.1, -0.05) is 25.4 Å². The molecule has 94 valence electrons. The van der Waals surface area contributed by atoms with Crippen LogP contribution in [0.5, 0.6) is 5.75 Å². The fraction of sp³-hybridized carbons (Fsp3) is 0.417. The summed E-state index contributed by atoms with van der Waals surface area (Å²) in [7, 11) is 0. The van der Waals surface area contributed by atoms with Gasteiger partial charge in [-0.2, -0.15) is 0 Å². The summed E-state index contributed by atoms with van der Waals surface area (Å²) in [6.45, 7) is 3.56. The second-order valence-corrected chi connectivity index (χ2v) is 5.80. The second-order valence-electron chi connectivity index (χ2n) is 4.27. The summed E-state index contributed by atoms with van der Waals surface area (Å²) < 4.78 is 5.47. The summed E-state index contributed by atoms with van der Waals surface area (Å²) >= 11 is 14.7. The molecule has 1 atom stereocenters. The van der Waals surface area contributed by atoms with Crippen LogP contribution in [0.15, 0.2) is 24.3 Å². The molecule has 0 aliphatic heterocycles. The molecule has 1 aromatic carbocycles. The quantitative estimate of drug-likeness (QED) is 0.748. The maximum absolute atomic E-state index is 12.0. The molecule has 0 spiro atoms. The van der Waals surface area contributed by atoms with Crippen molar-refractivity contribution in [2.75, 3.05) is 5.88 Å². The first-order chi connectivity index (χ1) is 7.86. The summed E-state index contributed by atoms with van der Waals surface area (Å²) in [6, 6.07) is 6.82. The Balaban J connectivity index is 2.69. The highest BCUT2D eigenvalue weighted by molar-refractivity contribution is 9.09. The molecular weight excluding hydrogens is 327 g/mol. The zero-order valence-electron chi connectivity index (χ0n) is 9.54. The van der Waals surface area contributed by atoms with Crippen LogP contribution in [0.2, 0.25) is 5.02 Å². The fourth-order valence-electron chi connectivity index (χ4n) is 1.06. The third-order valence-corrected chi connectivity index (χ3v) is 3.78. The summed E-state index contributed by atoms with van der Waals surface area (Å²) in [6.07, 6.45) is 0. The molecule has 0 heterocycles. The van der Waals surface area contributed by atoms with E-state index in [1.165, 1.54) is 0 Å². The fourth-order valence-corrected chi connectivity index (χ4v) is 2.15. The number of carbonyl (C=O) groups excluding carboxylic acids is 1. The molecule has 5 heteroatoms. The van der Waals surface area contributed by atoms with Gasteiger partial charge in [0.05, 0.1) is 0 Å². The van der Waals surface area contributed by atoms with Crippen LogP contribution in [0.25, 0.3) is 0 Å². The Kier molecular flexibility index (Phi) is 5.29. The number of carbonyl (C=O) groups is 1. The molecule has 0 bridgehead atoms. The Hall–Kier alpha value is -0.250. The maximum Gasteiger partial charge on any atom is 0.211 e. The van der Waals surface area contributed by atoms with Crippen LogP contribution in [0, 0.1) is 5.41 Å². The first-order valence-electron chi connectivity index (χ1n) is 5.03. The monoisotopic (exact) mass is 338 g/mol. The van der Waals surface area contributed by atoms with Gasteiger partial charge in [-0.15, -0.1) is 11.6 Å². The Morgan fingerprint density at radius 2 is 1.94 bits per heavy atom. The van der Waals surface area contributed by atoms with Gasteiger partial charge in [-0.05, 0) is 40.2 Å². The van der Waals surface area contributed by atoms with E-state index in [4.69, 9.17) is 27.9 Å². The van der Waals surface area contributed by atoms with E-state index >= 15 is 0 Å². The van der Waals surface area contributed by atoms with Crippen molar-refractivity contribution in [3.8, 4) is 5.75 Å². The Morgan fingerprint density at radius 3 is 2.41 bits per heavy atom. The van der Waals surface area contributed by atoms with Crippen LogP contribution in [0.4, 0.5) is 0 Å². The zero-order valence-corrected chi connectivity index (χ0v) is 12.6. The molecule has 2 nitrogen and oxygen atoms in total. The largest absolute Gasteiger partial charge is 0.471 e. The first-order valence-corrected chi connectivity index (χ1v) is 6.86. The van der Waals surface area contributed by atoms with Gasteiger partial charge in [-0.25, -0.2) is 0 Å². The zero-order chi connectivity index (χ0) is 13.1. The molecule has 0 saturated heterocycles. The predicted molar refractivity (Wildman–Crippen MR) is 74.3 cm³/mol. The Bertz CT molecular complexity index is 390. The SMILES string of the molecule is CC(C)(CCl)C(=O)C(Br)Oc1ccc(Cl)cc1. The van der Waals surface area contributed by atoms with Crippen LogP contribution in [-0.2, 0) is 4.79 Å². The molecule has 1 unspecified atom stereocenters. The number of ketones is 1. The number of hydrogen-bond donors (Lipinski definition) is 0. The highest BCUT2D eigenvalue weighted by Gasteiger charge is 2.32. The van der Waals surface area contributed by atoms with Gasteiger partial charge in [0.25, 0.3) is 0 Å². The van der Waals surface area contributed by atoms with E-state index < -0.39 is 10.4 Å². The number of ether oxygens (including phenoxy) is 1. The van der Waals surface area contributed by atoms with Crippen molar-refractivity contribution >= 4 is 44.9 Å². The van der Waals surface area contributed by atoms with E-state index in [-0.39, 0.29) is 11.7 Å². The van der Waals surface area contributed by atoms with E-state index in [2.05, 4.69) is 15.9 Å². The minimum atomic E-state index is -0.711. The van der Waals surface area contributed by atoms with Gasteiger partial charge >= 0.3 is 0 Å². The summed E-state index contributed by atoms with van der Waals surface area (Å²) in [4.78, 5) is 12.0. The van der Waals surface area contributed by atoms with Gasteiger partial charge in [-0.3, -0.25) is 4.79 Å². The third kappa shape index (κ3) is 4.16. The van der Waals surface area contributed by atoms with Gasteiger partial charge < -0.3 is 4.74 Å². The lowest BCUT2D eigenvalue weighted by Crippen LogP contribution is -2.35. The van der Waals surface area contributed by atoms with Crippen LogP contribution < -0.4 is 4.74 Å². The number of Topliss-reactive ketones (excluding diaryl/α,β-unsaturated/α-hetero) is 1. The lowest BCUT2D eigenvalue weighted by atomic mass is 9.91. The summed E-state index contributed by atoms with van der Waals surface area (Å²) in [5.41, 5.74) is -0.623. The van der Waals surface area contributed by atoms with E-state index in [9.17, 15) is 4.79 Å². The molecule has 1 rings (SSSR count). The highest BCUT2D eigenvalue weighted by atomic mass is 79.9. The molecule has 0 radical (unpaired) electrons. The van der Waals surface area contributed by atoms with Crippen molar-refractivity contribution in [1.29, 1.82) is 0 Å². The normalized spacial score (nSPS) is 13.2. The van der Waals surface area contributed by atoms with Gasteiger partial charge in [0, 0.05) is 16.3 Å². The van der Waals surface area contributed by atoms with Gasteiger partial charge in [0.2, 0.25) is 5.01 Å². The molecule has 0 aliphatic rings. The number of benzene rings is 1. The lowest BCUT2D eigenvalue weighted by Gasteiger charge is -2.23. The average molecular weight is 340 g/mol. The minimum absolute atomic E-state index is 0.0950. The van der Waals surface area contributed by atoms with E-state index in [1.807, 2.05) is 0 Å². The van der Waals surface area contributed by atoms with Crippen LogP contribution >= 0.6 is 39.1 Å². The number of hydrogen-bond acceptors (Lipinski definition) is 2. The topological polar surface area (TPSA) is 26.3 Å². The number of alkyl halides is 2. The molecular formula is C12H13BrCl2O2. The van der Waals surface area contributed by atoms with Gasteiger partial charge in [0.1, 0.15) is 5.75 Å². The Labute approximate surface area is 119 Å². The average Bonchev–Trinajstić information content (AvgIpc) is 2.31. The van der Waals surface area contributed by atoms with Crippen LogP contribution in [0.3, 0.4) is 0 Å². The second kappa shape index (κ2) is 6.07. The van der Waals surface area contributed by atoms with Crippen LogP contribution in [-0.4, -0.2) is 16.7 Å². The lowest BCUT2D eigenvalue weighted by molar-refractivity contribution is -0.129. The van der Waals surface area contributed by atoms with E-state index in [1.54, 1.807) is 38.1 Å². The maximum atomic E-state index is 12.0. The molecule has 0 amide bonds. The summed E-state index contributed by atoms with van der Waals surface area (Å²) in [5.74, 6) is 0.732. The van der Waals surface area contributed by atoms with Crippen LogP contribution in [0.1, 0.15) is 13.8 Å². The van der Waals surface area contributed by atoms with Crippen molar-refractivity contribution in [2.24, 2.45) is 5.41 Å². The molecule has 17 heavy (non-hydrogen) atoms. The summed E-state index contributed by atoms with van der Waals surface area (Å²) in [5, 5.41) is -0.0895. The third-order valence-electron chi connectivity index (χ3n) is 2.26. The molecule has 1 aromatic rings.